The normalized spacial score (nSPS) is 11.8. The molecule has 0 aliphatic carbocycles. The van der Waals surface area contributed by atoms with E-state index in [0.29, 0.717) is 5.56 Å². The van der Waals surface area contributed by atoms with Crippen molar-refractivity contribution < 1.29 is 14.7 Å². The van der Waals surface area contributed by atoms with Gasteiger partial charge in [0, 0.05) is 18.0 Å². The van der Waals surface area contributed by atoms with Crippen molar-refractivity contribution in [1.29, 1.82) is 0 Å². The minimum atomic E-state index is -1.11. The third-order valence-electron chi connectivity index (χ3n) is 2.84. The van der Waals surface area contributed by atoms with Gasteiger partial charge in [0.1, 0.15) is 5.92 Å². The van der Waals surface area contributed by atoms with Crippen LogP contribution < -0.4 is 0 Å². The lowest BCUT2D eigenvalue weighted by Gasteiger charge is -2.11. The van der Waals surface area contributed by atoms with E-state index in [1.807, 2.05) is 30.3 Å². The number of carboxylic acid groups (broad SMARTS) is 1. The predicted octanol–water partition coefficient (Wildman–Crippen LogP) is 2.21. The number of hydrogen-bond acceptors (Lipinski definition) is 3. The van der Waals surface area contributed by atoms with Crippen LogP contribution in [-0.2, 0) is 11.2 Å². The first-order chi connectivity index (χ1) is 9.18. The van der Waals surface area contributed by atoms with Gasteiger partial charge in [-0.2, -0.15) is 0 Å². The molecule has 96 valence electrons. The molecule has 4 nitrogen and oxygen atoms in total. The van der Waals surface area contributed by atoms with Crippen molar-refractivity contribution in [2.75, 3.05) is 0 Å². The van der Waals surface area contributed by atoms with Crippen LogP contribution in [0.3, 0.4) is 0 Å². The number of ketones is 1. The first kappa shape index (κ1) is 13.0. The van der Waals surface area contributed by atoms with Crippen LogP contribution in [0.1, 0.15) is 15.9 Å². The molecule has 0 aliphatic rings. The van der Waals surface area contributed by atoms with Gasteiger partial charge in [-0.25, -0.2) is 0 Å². The Labute approximate surface area is 110 Å². The molecule has 0 spiro atoms. The summed E-state index contributed by atoms with van der Waals surface area (Å²) in [6.45, 7) is 0. The topological polar surface area (TPSA) is 67.3 Å². The fraction of sp³-hybridized carbons (Fsp3) is 0.133. The van der Waals surface area contributed by atoms with Crippen molar-refractivity contribution in [3.63, 3.8) is 0 Å². The lowest BCUT2D eigenvalue weighted by atomic mass is 9.92. The van der Waals surface area contributed by atoms with Gasteiger partial charge in [-0.15, -0.1) is 0 Å². The zero-order valence-corrected chi connectivity index (χ0v) is 10.2. The van der Waals surface area contributed by atoms with Crippen molar-refractivity contribution in [2.45, 2.75) is 6.42 Å². The molecule has 0 aliphatic heterocycles. The van der Waals surface area contributed by atoms with Crippen molar-refractivity contribution in [3.05, 3.63) is 66.0 Å². The van der Waals surface area contributed by atoms with E-state index in [9.17, 15) is 14.7 Å². The quantitative estimate of drug-likeness (QED) is 0.657. The maximum atomic E-state index is 12.2. The van der Waals surface area contributed by atoms with Crippen LogP contribution in [0.25, 0.3) is 0 Å². The van der Waals surface area contributed by atoms with Crippen LogP contribution in [0, 0.1) is 5.92 Å². The molecule has 0 saturated heterocycles. The molecule has 0 bridgehead atoms. The summed E-state index contributed by atoms with van der Waals surface area (Å²) in [6.07, 6.45) is 3.12. The summed E-state index contributed by atoms with van der Waals surface area (Å²) in [7, 11) is 0. The molecule has 1 N–H and O–H groups in total. The summed E-state index contributed by atoms with van der Waals surface area (Å²) < 4.78 is 0. The average molecular weight is 255 g/mol. The summed E-state index contributed by atoms with van der Waals surface area (Å²) in [5, 5.41) is 9.23. The number of Topliss-reactive ketones (excluding diaryl/α,β-unsaturated/α-hetero) is 1. The average Bonchev–Trinajstić information content (AvgIpc) is 2.46. The van der Waals surface area contributed by atoms with Crippen molar-refractivity contribution in [2.24, 2.45) is 5.92 Å². The molecule has 1 aromatic heterocycles. The number of benzene rings is 1. The molecule has 0 fully saturated rings. The maximum absolute atomic E-state index is 12.2. The minimum absolute atomic E-state index is 0.184. The number of carbonyl (C=O) groups is 2. The van der Waals surface area contributed by atoms with Crippen molar-refractivity contribution >= 4 is 11.8 Å². The molecule has 0 saturated carbocycles. The molecule has 1 unspecified atom stereocenters. The highest BCUT2D eigenvalue weighted by Crippen LogP contribution is 2.14. The number of nitrogens with zero attached hydrogens (tertiary/aromatic N) is 1. The summed E-state index contributed by atoms with van der Waals surface area (Å²) in [4.78, 5) is 27.3. The van der Waals surface area contributed by atoms with Crippen molar-refractivity contribution in [3.8, 4) is 0 Å². The Hall–Kier alpha value is -2.49. The molecule has 4 heteroatoms. The van der Waals surface area contributed by atoms with Crippen molar-refractivity contribution in [1.82, 2.24) is 4.98 Å². The Bertz CT molecular complexity index is 566. The molecule has 1 aromatic carbocycles. The third-order valence-corrected chi connectivity index (χ3v) is 2.84. The van der Waals surface area contributed by atoms with E-state index in [4.69, 9.17) is 0 Å². The highest BCUT2D eigenvalue weighted by Gasteiger charge is 2.27. The number of carbonyl (C=O) groups excluding carboxylic acids is 1. The summed E-state index contributed by atoms with van der Waals surface area (Å²) in [5.74, 6) is -2.60. The zero-order valence-electron chi connectivity index (χ0n) is 10.2. The molecular formula is C15H13NO3. The van der Waals surface area contributed by atoms with Gasteiger partial charge < -0.3 is 5.11 Å². The molecule has 1 heterocycles. The second-order valence-electron chi connectivity index (χ2n) is 4.19. The number of rotatable bonds is 5. The van der Waals surface area contributed by atoms with E-state index < -0.39 is 17.7 Å². The fourth-order valence-corrected chi connectivity index (χ4v) is 1.85. The van der Waals surface area contributed by atoms with E-state index in [1.165, 1.54) is 6.20 Å². The van der Waals surface area contributed by atoms with E-state index in [2.05, 4.69) is 4.98 Å². The maximum Gasteiger partial charge on any atom is 0.314 e. The van der Waals surface area contributed by atoms with E-state index in [0.717, 1.165) is 5.56 Å². The molecule has 19 heavy (non-hydrogen) atoms. The predicted molar refractivity (Wildman–Crippen MR) is 69.8 cm³/mol. The Morgan fingerprint density at radius 2 is 1.84 bits per heavy atom. The van der Waals surface area contributed by atoms with Gasteiger partial charge in [0.05, 0.1) is 0 Å². The zero-order chi connectivity index (χ0) is 13.7. The summed E-state index contributed by atoms with van der Waals surface area (Å²) >= 11 is 0. The lowest BCUT2D eigenvalue weighted by Crippen LogP contribution is -2.26. The van der Waals surface area contributed by atoms with Crippen LogP contribution in [0.15, 0.2) is 54.9 Å². The van der Waals surface area contributed by atoms with Gasteiger partial charge in [-0.1, -0.05) is 30.3 Å². The Balaban J connectivity index is 2.22. The van der Waals surface area contributed by atoms with Gasteiger partial charge in [0.2, 0.25) is 0 Å². The van der Waals surface area contributed by atoms with Gasteiger partial charge in [-0.05, 0) is 24.1 Å². The number of pyridine rings is 1. The monoisotopic (exact) mass is 255 g/mol. The minimum Gasteiger partial charge on any atom is -0.481 e. The smallest absolute Gasteiger partial charge is 0.314 e. The SMILES string of the molecule is O=C(O)C(Cc1ccccc1)C(=O)c1cccnc1. The second kappa shape index (κ2) is 5.91. The molecule has 2 rings (SSSR count). The fourth-order valence-electron chi connectivity index (χ4n) is 1.85. The highest BCUT2D eigenvalue weighted by molar-refractivity contribution is 6.08. The van der Waals surface area contributed by atoms with E-state index in [1.54, 1.807) is 18.3 Å². The lowest BCUT2D eigenvalue weighted by molar-refractivity contribution is -0.139. The van der Waals surface area contributed by atoms with Crippen LogP contribution in [0.2, 0.25) is 0 Å². The largest absolute Gasteiger partial charge is 0.481 e. The Morgan fingerprint density at radius 1 is 1.11 bits per heavy atom. The first-order valence-corrected chi connectivity index (χ1v) is 5.89. The van der Waals surface area contributed by atoms with Crippen LogP contribution in [0.5, 0.6) is 0 Å². The Kier molecular flexibility index (Phi) is 4.03. The van der Waals surface area contributed by atoms with Gasteiger partial charge in [0.25, 0.3) is 0 Å². The number of carboxylic acids is 1. The number of aromatic nitrogens is 1. The number of aliphatic carboxylic acids is 1. The standard InChI is InChI=1S/C15H13NO3/c17-14(12-7-4-8-16-10-12)13(15(18)19)9-11-5-2-1-3-6-11/h1-8,10,13H,9H2,(H,18,19). The van der Waals surface area contributed by atoms with Gasteiger partial charge in [-0.3, -0.25) is 14.6 Å². The van der Waals surface area contributed by atoms with Crippen LogP contribution >= 0.6 is 0 Å². The highest BCUT2D eigenvalue weighted by atomic mass is 16.4. The van der Waals surface area contributed by atoms with Crippen LogP contribution in [0.4, 0.5) is 0 Å². The molecule has 2 aromatic rings. The van der Waals surface area contributed by atoms with Gasteiger partial charge in [0.15, 0.2) is 5.78 Å². The molecular weight excluding hydrogens is 242 g/mol. The van der Waals surface area contributed by atoms with E-state index >= 15 is 0 Å². The molecule has 0 amide bonds. The second-order valence-corrected chi connectivity index (χ2v) is 4.19. The summed E-state index contributed by atoms with van der Waals surface area (Å²) in [5.41, 5.74) is 1.15. The Morgan fingerprint density at radius 3 is 2.42 bits per heavy atom. The van der Waals surface area contributed by atoms with Gasteiger partial charge >= 0.3 is 5.97 Å². The van der Waals surface area contributed by atoms with Crippen LogP contribution in [-0.4, -0.2) is 21.8 Å². The third kappa shape index (κ3) is 3.25. The summed E-state index contributed by atoms with van der Waals surface area (Å²) in [6, 6.07) is 12.3. The molecule has 1 atom stereocenters. The number of hydrogen-bond donors (Lipinski definition) is 1. The first-order valence-electron chi connectivity index (χ1n) is 5.89. The van der Waals surface area contributed by atoms with E-state index in [-0.39, 0.29) is 6.42 Å². The molecule has 0 radical (unpaired) electrons.